The Balaban J connectivity index is 3.48. The molecule has 134 valence electrons. The van der Waals surface area contributed by atoms with Gasteiger partial charge >= 0.3 is 5.97 Å². The van der Waals surface area contributed by atoms with E-state index in [2.05, 4.69) is 11.9 Å². The second kappa shape index (κ2) is 15.6. The monoisotopic (exact) mass is 325 g/mol. The van der Waals surface area contributed by atoms with Crippen molar-refractivity contribution in [1.29, 1.82) is 0 Å². The Labute approximate surface area is 142 Å². The first-order chi connectivity index (χ1) is 11.1. The van der Waals surface area contributed by atoms with Gasteiger partial charge in [0, 0.05) is 6.42 Å². The molecule has 0 radical (unpaired) electrons. The fraction of sp³-hybridized carbons (Fsp3) is 0.789. The van der Waals surface area contributed by atoms with Crippen LogP contribution in [0.15, 0.2) is 12.7 Å². The number of allylic oxidation sites excluding steroid dienone is 1. The maximum Gasteiger partial charge on any atom is 0.328 e. The van der Waals surface area contributed by atoms with E-state index in [-0.39, 0.29) is 11.9 Å². The minimum Gasteiger partial charge on any atom is -0.464 e. The molecule has 4 heteroatoms. The predicted octanol–water partition coefficient (Wildman–Crippen LogP) is 4.53. The molecule has 0 spiro atoms. The van der Waals surface area contributed by atoms with Crippen molar-refractivity contribution in [2.45, 2.75) is 90.5 Å². The van der Waals surface area contributed by atoms with E-state index in [1.807, 2.05) is 13.0 Å². The Kier molecular flexibility index (Phi) is 14.7. The van der Waals surface area contributed by atoms with Crippen LogP contribution >= 0.6 is 0 Å². The van der Waals surface area contributed by atoms with Crippen LogP contribution in [0.1, 0.15) is 84.5 Å². The van der Waals surface area contributed by atoms with E-state index in [1.54, 1.807) is 6.92 Å². The van der Waals surface area contributed by atoms with Gasteiger partial charge in [-0.05, 0) is 32.6 Å². The van der Waals surface area contributed by atoms with Crippen molar-refractivity contribution in [3.8, 4) is 0 Å². The summed E-state index contributed by atoms with van der Waals surface area (Å²) in [5.74, 6) is -0.410. The lowest BCUT2D eigenvalue weighted by atomic mass is 10.1. The van der Waals surface area contributed by atoms with Crippen LogP contribution in [0.5, 0.6) is 0 Å². The van der Waals surface area contributed by atoms with Gasteiger partial charge in [0.1, 0.15) is 6.04 Å². The molecular weight excluding hydrogens is 290 g/mol. The van der Waals surface area contributed by atoms with Crippen LogP contribution < -0.4 is 5.32 Å². The van der Waals surface area contributed by atoms with Gasteiger partial charge in [0.15, 0.2) is 0 Å². The zero-order valence-electron chi connectivity index (χ0n) is 15.1. The maximum atomic E-state index is 11.7. The number of ether oxygens (including phenoxy) is 1. The molecule has 1 N–H and O–H groups in total. The smallest absolute Gasteiger partial charge is 0.328 e. The molecule has 1 amide bonds. The lowest BCUT2D eigenvalue weighted by Crippen LogP contribution is -2.39. The molecule has 4 nitrogen and oxygen atoms in total. The number of rotatable bonds is 15. The van der Waals surface area contributed by atoms with Gasteiger partial charge in [-0.25, -0.2) is 4.79 Å². The Morgan fingerprint density at radius 2 is 1.65 bits per heavy atom. The van der Waals surface area contributed by atoms with Crippen LogP contribution in [0.4, 0.5) is 0 Å². The first-order valence-corrected chi connectivity index (χ1v) is 9.18. The van der Waals surface area contributed by atoms with Gasteiger partial charge in [-0.2, -0.15) is 0 Å². The zero-order chi connectivity index (χ0) is 17.3. The summed E-state index contributed by atoms with van der Waals surface area (Å²) in [6, 6.07) is -0.552. The first kappa shape index (κ1) is 21.7. The molecule has 23 heavy (non-hydrogen) atoms. The Morgan fingerprint density at radius 1 is 1.04 bits per heavy atom. The van der Waals surface area contributed by atoms with Gasteiger partial charge in [0.2, 0.25) is 5.91 Å². The van der Waals surface area contributed by atoms with E-state index in [9.17, 15) is 9.59 Å². The number of carbonyl (C=O) groups excluding carboxylic acids is 2. The molecule has 0 aromatic heterocycles. The molecule has 0 heterocycles. The van der Waals surface area contributed by atoms with E-state index in [0.717, 1.165) is 32.1 Å². The molecule has 0 saturated carbocycles. The predicted molar refractivity (Wildman–Crippen MR) is 95.2 cm³/mol. The van der Waals surface area contributed by atoms with Crippen molar-refractivity contribution in [3.63, 3.8) is 0 Å². The van der Waals surface area contributed by atoms with Crippen LogP contribution in [0.2, 0.25) is 0 Å². The SMILES string of the molecule is C=CCCCCCCCCCOC(=O)[C@H](C)NC(=O)CCCC. The van der Waals surface area contributed by atoms with E-state index in [1.165, 1.54) is 32.1 Å². The molecule has 0 rings (SSSR count). The van der Waals surface area contributed by atoms with Crippen molar-refractivity contribution < 1.29 is 14.3 Å². The molecule has 0 bridgehead atoms. The summed E-state index contributed by atoms with van der Waals surface area (Å²) >= 11 is 0. The van der Waals surface area contributed by atoms with Crippen molar-refractivity contribution in [2.75, 3.05) is 6.61 Å². The Hall–Kier alpha value is -1.32. The topological polar surface area (TPSA) is 55.4 Å². The Morgan fingerprint density at radius 3 is 2.26 bits per heavy atom. The van der Waals surface area contributed by atoms with E-state index in [4.69, 9.17) is 4.74 Å². The second-order valence-electron chi connectivity index (χ2n) is 6.11. The highest BCUT2D eigenvalue weighted by molar-refractivity contribution is 5.84. The summed E-state index contributed by atoms with van der Waals surface area (Å²) in [5, 5.41) is 2.68. The van der Waals surface area contributed by atoms with Gasteiger partial charge in [-0.15, -0.1) is 6.58 Å². The van der Waals surface area contributed by atoms with Crippen molar-refractivity contribution in [2.24, 2.45) is 0 Å². The van der Waals surface area contributed by atoms with E-state index in [0.29, 0.717) is 13.0 Å². The number of nitrogens with one attached hydrogen (secondary N) is 1. The lowest BCUT2D eigenvalue weighted by Gasteiger charge is -2.13. The van der Waals surface area contributed by atoms with E-state index >= 15 is 0 Å². The minimum atomic E-state index is -0.552. The fourth-order valence-corrected chi connectivity index (χ4v) is 2.28. The third-order valence-corrected chi connectivity index (χ3v) is 3.79. The molecule has 0 aromatic rings. The van der Waals surface area contributed by atoms with Gasteiger partial charge < -0.3 is 10.1 Å². The number of amides is 1. The maximum absolute atomic E-state index is 11.7. The summed E-state index contributed by atoms with van der Waals surface area (Å²) in [7, 11) is 0. The van der Waals surface area contributed by atoms with Gasteiger partial charge in [0.05, 0.1) is 6.61 Å². The molecule has 0 aliphatic rings. The zero-order valence-corrected chi connectivity index (χ0v) is 15.1. The highest BCUT2D eigenvalue weighted by Gasteiger charge is 2.16. The summed E-state index contributed by atoms with van der Waals surface area (Å²) < 4.78 is 5.20. The summed E-state index contributed by atoms with van der Waals surface area (Å²) in [4.78, 5) is 23.3. The van der Waals surface area contributed by atoms with Crippen molar-refractivity contribution in [3.05, 3.63) is 12.7 Å². The average molecular weight is 325 g/mol. The van der Waals surface area contributed by atoms with Crippen LogP contribution in [0, 0.1) is 0 Å². The number of esters is 1. The van der Waals surface area contributed by atoms with Crippen LogP contribution in [-0.2, 0) is 14.3 Å². The fourth-order valence-electron chi connectivity index (χ4n) is 2.28. The Bertz CT molecular complexity index is 329. The molecule has 0 aromatic carbocycles. The number of carbonyl (C=O) groups is 2. The summed E-state index contributed by atoms with van der Waals surface area (Å²) in [5.41, 5.74) is 0. The van der Waals surface area contributed by atoms with Crippen LogP contribution in [-0.4, -0.2) is 24.5 Å². The quantitative estimate of drug-likeness (QED) is 0.273. The normalized spacial score (nSPS) is 11.7. The molecule has 1 atom stereocenters. The molecule has 0 fully saturated rings. The van der Waals surface area contributed by atoms with Gasteiger partial charge in [-0.3, -0.25) is 4.79 Å². The largest absolute Gasteiger partial charge is 0.464 e. The van der Waals surface area contributed by atoms with E-state index < -0.39 is 6.04 Å². The highest BCUT2D eigenvalue weighted by atomic mass is 16.5. The standard InChI is InChI=1S/C19H35NO3/c1-4-6-8-9-10-11-12-13-14-16-23-19(22)17(3)20-18(21)15-7-5-2/h4,17H,1,5-16H2,2-3H3,(H,20,21)/t17-/m0/s1. The highest BCUT2D eigenvalue weighted by Crippen LogP contribution is 2.09. The molecule has 0 aliphatic carbocycles. The summed E-state index contributed by atoms with van der Waals surface area (Å²) in [6.07, 6.45) is 13.6. The van der Waals surface area contributed by atoms with Gasteiger partial charge in [0.25, 0.3) is 0 Å². The molecule has 0 aliphatic heterocycles. The number of unbranched alkanes of at least 4 members (excludes halogenated alkanes) is 8. The lowest BCUT2D eigenvalue weighted by molar-refractivity contribution is -0.147. The first-order valence-electron chi connectivity index (χ1n) is 9.18. The van der Waals surface area contributed by atoms with Crippen LogP contribution in [0.3, 0.4) is 0 Å². The van der Waals surface area contributed by atoms with Crippen molar-refractivity contribution >= 4 is 11.9 Å². The van der Waals surface area contributed by atoms with Crippen LogP contribution in [0.25, 0.3) is 0 Å². The minimum absolute atomic E-state index is 0.0762. The molecular formula is C19H35NO3. The number of hydrogen-bond acceptors (Lipinski definition) is 3. The second-order valence-corrected chi connectivity index (χ2v) is 6.11. The third-order valence-electron chi connectivity index (χ3n) is 3.79. The molecule has 0 saturated heterocycles. The number of hydrogen-bond donors (Lipinski definition) is 1. The molecule has 0 unspecified atom stereocenters. The third kappa shape index (κ3) is 14.0. The average Bonchev–Trinajstić information content (AvgIpc) is 2.54. The van der Waals surface area contributed by atoms with Crippen molar-refractivity contribution in [1.82, 2.24) is 5.32 Å². The summed E-state index contributed by atoms with van der Waals surface area (Å²) in [6.45, 7) is 7.88. The van der Waals surface area contributed by atoms with Gasteiger partial charge in [-0.1, -0.05) is 51.5 Å².